The number of alkyl halides is 3. The number of hydrogen-bond donors (Lipinski definition) is 3. The number of furan rings is 1. The van der Waals surface area contributed by atoms with Crippen molar-refractivity contribution >= 4 is 79.7 Å². The number of ether oxygens (including phenoxy) is 1. The Hall–Kier alpha value is -1.19. The smallest absolute Gasteiger partial charge is 0.288 e. The third-order valence-electron chi connectivity index (χ3n) is 3.02. The van der Waals surface area contributed by atoms with Gasteiger partial charge in [0.1, 0.15) is 11.9 Å². The minimum Gasteiger partial charge on any atom is -0.497 e. The van der Waals surface area contributed by atoms with E-state index in [0.717, 1.165) is 0 Å². The molecular formula is C15H13BrCl3N3O3S. The van der Waals surface area contributed by atoms with E-state index in [1.165, 1.54) is 6.07 Å². The SMILES string of the molecule is COc1ccc(NC(=S)N[C@@H](NC(=O)c2ccc(Br)o2)C(Cl)(Cl)Cl)cc1. The Labute approximate surface area is 178 Å². The molecule has 1 aromatic carbocycles. The number of benzene rings is 1. The molecule has 0 radical (unpaired) electrons. The summed E-state index contributed by atoms with van der Waals surface area (Å²) in [5, 5.41) is 8.33. The molecule has 0 aliphatic rings. The van der Waals surface area contributed by atoms with Crippen LogP contribution in [-0.2, 0) is 0 Å². The number of hydrogen-bond acceptors (Lipinski definition) is 4. The molecule has 3 N–H and O–H groups in total. The van der Waals surface area contributed by atoms with E-state index in [9.17, 15) is 4.79 Å². The molecule has 2 rings (SSSR count). The van der Waals surface area contributed by atoms with Gasteiger partial charge in [0.05, 0.1) is 7.11 Å². The van der Waals surface area contributed by atoms with Gasteiger partial charge in [-0.05, 0) is 64.5 Å². The van der Waals surface area contributed by atoms with Gasteiger partial charge >= 0.3 is 0 Å². The average molecular weight is 502 g/mol. The van der Waals surface area contributed by atoms with E-state index < -0.39 is 15.9 Å². The summed E-state index contributed by atoms with van der Waals surface area (Å²) in [6, 6.07) is 10.1. The molecule has 2 aromatic rings. The quantitative estimate of drug-likeness (QED) is 0.319. The van der Waals surface area contributed by atoms with Crippen LogP contribution in [0.2, 0.25) is 0 Å². The van der Waals surface area contributed by atoms with Gasteiger partial charge in [-0.25, -0.2) is 0 Å². The fourth-order valence-corrected chi connectivity index (χ4v) is 2.68. The summed E-state index contributed by atoms with van der Waals surface area (Å²) in [6.45, 7) is 0. The Morgan fingerprint density at radius 3 is 2.35 bits per heavy atom. The van der Waals surface area contributed by atoms with Gasteiger partial charge in [-0.1, -0.05) is 34.8 Å². The highest BCUT2D eigenvalue weighted by Crippen LogP contribution is 2.29. The molecule has 6 nitrogen and oxygen atoms in total. The molecule has 0 aliphatic heterocycles. The molecular weight excluding hydrogens is 489 g/mol. The molecule has 1 heterocycles. The molecule has 0 saturated carbocycles. The molecule has 11 heteroatoms. The number of methoxy groups -OCH3 is 1. The lowest BCUT2D eigenvalue weighted by atomic mass is 10.3. The number of thiocarbonyl (C=S) groups is 1. The van der Waals surface area contributed by atoms with Crippen LogP contribution in [0.5, 0.6) is 5.75 Å². The van der Waals surface area contributed by atoms with E-state index in [4.69, 9.17) is 56.2 Å². The third kappa shape index (κ3) is 6.21. The zero-order chi connectivity index (χ0) is 19.3. The molecule has 1 atom stereocenters. The Balaban J connectivity index is 2.02. The molecule has 26 heavy (non-hydrogen) atoms. The predicted molar refractivity (Wildman–Crippen MR) is 110 cm³/mol. The van der Waals surface area contributed by atoms with Crippen molar-refractivity contribution in [2.45, 2.75) is 9.96 Å². The van der Waals surface area contributed by atoms with Crippen LogP contribution in [0.15, 0.2) is 45.5 Å². The maximum Gasteiger partial charge on any atom is 0.288 e. The largest absolute Gasteiger partial charge is 0.497 e. The van der Waals surface area contributed by atoms with Gasteiger partial charge < -0.3 is 25.1 Å². The Morgan fingerprint density at radius 2 is 1.85 bits per heavy atom. The Kier molecular flexibility index (Phi) is 7.42. The topological polar surface area (TPSA) is 75.5 Å². The molecule has 1 amide bonds. The van der Waals surface area contributed by atoms with E-state index in [-0.39, 0.29) is 10.9 Å². The van der Waals surface area contributed by atoms with Crippen LogP contribution in [0, 0.1) is 0 Å². The van der Waals surface area contributed by atoms with Crippen LogP contribution in [0.3, 0.4) is 0 Å². The standard InChI is InChI=1S/C15H13BrCl3N3O3S/c1-24-9-4-2-8(3-5-9)20-14(26)22-13(15(17,18)19)21-12(23)10-6-7-11(16)25-10/h2-7,13H,1H3,(H,21,23)(H2,20,22,26)/t13-/m1/s1. The number of carbonyl (C=O) groups is 1. The number of rotatable bonds is 5. The van der Waals surface area contributed by atoms with Crippen molar-refractivity contribution in [2.75, 3.05) is 12.4 Å². The first-order valence-electron chi connectivity index (χ1n) is 7.03. The van der Waals surface area contributed by atoms with Crippen LogP contribution in [-0.4, -0.2) is 28.1 Å². The van der Waals surface area contributed by atoms with Crippen LogP contribution >= 0.6 is 63.0 Å². The van der Waals surface area contributed by atoms with Gasteiger partial charge in [0.2, 0.25) is 3.79 Å². The van der Waals surface area contributed by atoms with Gasteiger partial charge in [-0.2, -0.15) is 0 Å². The van der Waals surface area contributed by atoms with Crippen molar-refractivity contribution in [2.24, 2.45) is 0 Å². The number of amides is 1. The summed E-state index contributed by atoms with van der Waals surface area (Å²) in [7, 11) is 1.57. The minimum atomic E-state index is -1.87. The van der Waals surface area contributed by atoms with Gasteiger partial charge in [0.25, 0.3) is 5.91 Å². The minimum absolute atomic E-state index is 0.0481. The van der Waals surface area contributed by atoms with Crippen molar-refractivity contribution in [1.29, 1.82) is 0 Å². The first-order chi connectivity index (χ1) is 12.2. The zero-order valence-electron chi connectivity index (χ0n) is 13.2. The van der Waals surface area contributed by atoms with E-state index >= 15 is 0 Å². The highest BCUT2D eigenvalue weighted by atomic mass is 79.9. The Morgan fingerprint density at radius 1 is 1.19 bits per heavy atom. The van der Waals surface area contributed by atoms with Crippen molar-refractivity contribution in [3.63, 3.8) is 0 Å². The highest BCUT2D eigenvalue weighted by molar-refractivity contribution is 9.10. The van der Waals surface area contributed by atoms with E-state index in [0.29, 0.717) is 16.1 Å². The lowest BCUT2D eigenvalue weighted by Gasteiger charge is -2.27. The van der Waals surface area contributed by atoms with Gasteiger partial charge in [0.15, 0.2) is 15.5 Å². The van der Waals surface area contributed by atoms with Gasteiger partial charge in [-0.3, -0.25) is 4.79 Å². The first kappa shape index (κ1) is 21.1. The summed E-state index contributed by atoms with van der Waals surface area (Å²) >= 11 is 26.1. The second-order valence-corrected chi connectivity index (χ2v) is 8.44. The second-order valence-electron chi connectivity index (χ2n) is 4.88. The van der Waals surface area contributed by atoms with Crippen LogP contribution in [0.25, 0.3) is 0 Å². The fraction of sp³-hybridized carbons (Fsp3) is 0.200. The van der Waals surface area contributed by atoms with Crippen molar-refractivity contribution < 1.29 is 13.9 Å². The summed E-state index contributed by atoms with van der Waals surface area (Å²) in [6.07, 6.45) is -1.11. The molecule has 0 aliphatic carbocycles. The summed E-state index contributed by atoms with van der Waals surface area (Å²) in [5.74, 6) is 0.171. The van der Waals surface area contributed by atoms with E-state index in [1.54, 1.807) is 37.4 Å². The van der Waals surface area contributed by atoms with Crippen LogP contribution < -0.4 is 20.7 Å². The molecule has 0 spiro atoms. The fourth-order valence-electron chi connectivity index (χ4n) is 1.81. The predicted octanol–water partition coefficient (Wildman–Crippen LogP) is 4.46. The maximum atomic E-state index is 12.2. The molecule has 1 aromatic heterocycles. The summed E-state index contributed by atoms with van der Waals surface area (Å²) in [5.41, 5.74) is 0.688. The number of carbonyl (C=O) groups excluding carboxylic acids is 1. The van der Waals surface area contributed by atoms with Gasteiger partial charge in [-0.15, -0.1) is 0 Å². The third-order valence-corrected chi connectivity index (χ3v) is 4.32. The van der Waals surface area contributed by atoms with Crippen molar-refractivity contribution in [3.05, 3.63) is 46.8 Å². The molecule has 0 fully saturated rings. The number of anilines is 1. The number of nitrogens with one attached hydrogen (secondary N) is 3. The normalized spacial score (nSPS) is 12.2. The molecule has 0 unspecified atom stereocenters. The van der Waals surface area contributed by atoms with Crippen molar-refractivity contribution in [1.82, 2.24) is 10.6 Å². The lowest BCUT2D eigenvalue weighted by Crippen LogP contribution is -2.56. The molecule has 0 saturated heterocycles. The Bertz CT molecular complexity index is 780. The van der Waals surface area contributed by atoms with Gasteiger partial charge in [0, 0.05) is 5.69 Å². The maximum absolute atomic E-state index is 12.2. The van der Waals surface area contributed by atoms with E-state index in [2.05, 4.69) is 31.9 Å². The van der Waals surface area contributed by atoms with Crippen molar-refractivity contribution in [3.8, 4) is 5.75 Å². The first-order valence-corrected chi connectivity index (χ1v) is 9.37. The summed E-state index contributed by atoms with van der Waals surface area (Å²) in [4.78, 5) is 12.2. The molecule has 0 bridgehead atoms. The van der Waals surface area contributed by atoms with E-state index in [1.807, 2.05) is 0 Å². The zero-order valence-corrected chi connectivity index (χ0v) is 17.9. The lowest BCUT2D eigenvalue weighted by molar-refractivity contribution is 0.0905. The monoisotopic (exact) mass is 499 g/mol. The molecule has 140 valence electrons. The average Bonchev–Trinajstić information content (AvgIpc) is 3.00. The second kappa shape index (κ2) is 9.14. The highest BCUT2D eigenvalue weighted by Gasteiger charge is 2.35. The summed E-state index contributed by atoms with van der Waals surface area (Å²) < 4.78 is 8.78. The number of halogens is 4. The van der Waals surface area contributed by atoms with Crippen LogP contribution in [0.1, 0.15) is 10.6 Å². The van der Waals surface area contributed by atoms with Crippen LogP contribution in [0.4, 0.5) is 5.69 Å².